The second-order valence-corrected chi connectivity index (χ2v) is 8.13. The van der Waals surface area contributed by atoms with Crippen LogP contribution in [0.15, 0.2) is 59.5 Å². The van der Waals surface area contributed by atoms with E-state index in [1.54, 1.807) is 37.3 Å². The van der Waals surface area contributed by atoms with E-state index in [1.807, 2.05) is 0 Å². The van der Waals surface area contributed by atoms with Crippen LogP contribution in [0.2, 0.25) is 0 Å². The number of sulfonamides is 1. The number of carbonyl (C=O) groups is 3. The molecule has 0 radical (unpaired) electrons. The summed E-state index contributed by atoms with van der Waals surface area (Å²) in [5, 5.41) is 10.3. The topological polar surface area (TPSA) is 139 Å². The SMILES string of the molecule is CC[C@]1(c2ccccc2)NC(=O)N(CC(=O)Nc2ccc(S(N)(=O)=O)cc2)C1=O. The number of benzene rings is 2. The van der Waals surface area contributed by atoms with Gasteiger partial charge in [0.2, 0.25) is 15.9 Å². The van der Waals surface area contributed by atoms with Crippen LogP contribution >= 0.6 is 0 Å². The summed E-state index contributed by atoms with van der Waals surface area (Å²) in [6, 6.07) is 13.4. The van der Waals surface area contributed by atoms with E-state index in [2.05, 4.69) is 10.6 Å². The Morgan fingerprint density at radius 3 is 2.28 bits per heavy atom. The van der Waals surface area contributed by atoms with Gasteiger partial charge in [0.1, 0.15) is 12.1 Å². The first-order valence-corrected chi connectivity index (χ1v) is 10.3. The van der Waals surface area contributed by atoms with E-state index in [0.29, 0.717) is 17.7 Å². The maximum absolute atomic E-state index is 13.0. The molecule has 2 aromatic rings. The van der Waals surface area contributed by atoms with Crippen LogP contribution < -0.4 is 15.8 Å². The zero-order valence-corrected chi connectivity index (χ0v) is 16.4. The maximum Gasteiger partial charge on any atom is 0.325 e. The average Bonchev–Trinajstić information content (AvgIpc) is 2.93. The molecule has 29 heavy (non-hydrogen) atoms. The largest absolute Gasteiger partial charge is 0.325 e. The van der Waals surface area contributed by atoms with E-state index >= 15 is 0 Å². The minimum Gasteiger partial charge on any atom is -0.325 e. The average molecular weight is 416 g/mol. The molecule has 0 spiro atoms. The second-order valence-electron chi connectivity index (χ2n) is 6.56. The predicted molar refractivity (Wildman–Crippen MR) is 105 cm³/mol. The number of rotatable bonds is 6. The van der Waals surface area contributed by atoms with Gasteiger partial charge < -0.3 is 10.6 Å². The molecule has 1 aliphatic heterocycles. The number of carbonyl (C=O) groups excluding carboxylic acids is 3. The molecule has 0 saturated carbocycles. The summed E-state index contributed by atoms with van der Waals surface area (Å²) in [7, 11) is -3.84. The Labute approximate surface area is 167 Å². The molecule has 0 aromatic heterocycles. The van der Waals surface area contributed by atoms with Crippen LogP contribution in [-0.4, -0.2) is 37.7 Å². The molecule has 1 atom stereocenters. The van der Waals surface area contributed by atoms with Crippen LogP contribution in [-0.2, 0) is 25.2 Å². The molecule has 1 fully saturated rings. The molecule has 1 saturated heterocycles. The van der Waals surface area contributed by atoms with Crippen LogP contribution in [0.5, 0.6) is 0 Å². The monoisotopic (exact) mass is 416 g/mol. The predicted octanol–water partition coefficient (Wildman–Crippen LogP) is 1.13. The summed E-state index contributed by atoms with van der Waals surface area (Å²) >= 11 is 0. The molecule has 3 rings (SSSR count). The zero-order chi connectivity index (χ0) is 21.2. The van der Waals surface area contributed by atoms with Gasteiger partial charge in [0.05, 0.1) is 4.90 Å². The number of nitrogens with one attached hydrogen (secondary N) is 2. The molecule has 10 heteroatoms. The lowest BCUT2D eigenvalue weighted by Crippen LogP contribution is -2.44. The third kappa shape index (κ3) is 3.98. The molecular formula is C19H20N4O5S. The van der Waals surface area contributed by atoms with E-state index < -0.39 is 40.0 Å². The minimum absolute atomic E-state index is 0.0970. The molecule has 0 unspecified atom stereocenters. The Kier molecular flexibility index (Phi) is 5.40. The number of anilines is 1. The summed E-state index contributed by atoms with van der Waals surface area (Å²) < 4.78 is 22.6. The van der Waals surface area contributed by atoms with E-state index in [0.717, 1.165) is 4.90 Å². The van der Waals surface area contributed by atoms with Gasteiger partial charge >= 0.3 is 6.03 Å². The first-order valence-electron chi connectivity index (χ1n) is 8.80. The van der Waals surface area contributed by atoms with Crippen molar-refractivity contribution >= 4 is 33.6 Å². The molecule has 1 aliphatic rings. The van der Waals surface area contributed by atoms with Crippen LogP contribution in [0.25, 0.3) is 0 Å². The molecule has 152 valence electrons. The van der Waals surface area contributed by atoms with Crippen molar-refractivity contribution in [3.63, 3.8) is 0 Å². The Morgan fingerprint density at radius 2 is 1.72 bits per heavy atom. The molecular weight excluding hydrogens is 396 g/mol. The number of urea groups is 1. The molecule has 2 aromatic carbocycles. The van der Waals surface area contributed by atoms with Crippen LogP contribution in [0.1, 0.15) is 18.9 Å². The van der Waals surface area contributed by atoms with Crippen molar-refractivity contribution < 1.29 is 22.8 Å². The summed E-state index contributed by atoms with van der Waals surface area (Å²) in [5.74, 6) is -1.10. The third-order valence-corrected chi connectivity index (χ3v) is 5.67. The Balaban J connectivity index is 1.74. The van der Waals surface area contributed by atoms with Crippen molar-refractivity contribution in [2.24, 2.45) is 5.14 Å². The Bertz CT molecular complexity index is 1050. The molecule has 1 heterocycles. The molecule has 0 aliphatic carbocycles. The van der Waals surface area contributed by atoms with E-state index in [9.17, 15) is 22.8 Å². The van der Waals surface area contributed by atoms with Crippen LogP contribution in [0.3, 0.4) is 0 Å². The number of nitrogens with zero attached hydrogens (tertiary/aromatic N) is 1. The number of nitrogens with two attached hydrogens (primary N) is 1. The fraction of sp³-hybridized carbons (Fsp3) is 0.211. The highest BCUT2D eigenvalue weighted by Crippen LogP contribution is 2.32. The lowest BCUT2D eigenvalue weighted by Gasteiger charge is -2.25. The van der Waals surface area contributed by atoms with Crippen molar-refractivity contribution in [2.75, 3.05) is 11.9 Å². The Hall–Kier alpha value is -3.24. The fourth-order valence-electron chi connectivity index (χ4n) is 3.20. The molecule has 4 N–H and O–H groups in total. The zero-order valence-electron chi connectivity index (χ0n) is 15.6. The lowest BCUT2D eigenvalue weighted by molar-refractivity contribution is -0.134. The van der Waals surface area contributed by atoms with Crippen LogP contribution in [0, 0.1) is 0 Å². The summed E-state index contributed by atoms with van der Waals surface area (Å²) in [6.45, 7) is 1.30. The fourth-order valence-corrected chi connectivity index (χ4v) is 3.72. The van der Waals surface area contributed by atoms with Gasteiger partial charge in [0.15, 0.2) is 0 Å². The number of imide groups is 1. The standard InChI is InChI=1S/C19H20N4O5S/c1-2-19(13-6-4-3-5-7-13)17(25)23(18(26)22-19)12-16(24)21-14-8-10-15(11-9-14)29(20,27)28/h3-11H,2,12H2,1H3,(H,21,24)(H,22,26)(H2,20,27,28)/t19-/m1/s1. The first kappa shape index (κ1) is 20.5. The van der Waals surface area contributed by atoms with Gasteiger partial charge in [-0.3, -0.25) is 14.5 Å². The summed E-state index contributed by atoms with van der Waals surface area (Å²) in [4.78, 5) is 38.5. The molecule has 9 nitrogen and oxygen atoms in total. The maximum atomic E-state index is 13.0. The van der Waals surface area contributed by atoms with Gasteiger partial charge in [0.25, 0.3) is 5.91 Å². The molecule has 4 amide bonds. The molecule has 0 bridgehead atoms. The highest BCUT2D eigenvalue weighted by molar-refractivity contribution is 7.89. The Morgan fingerprint density at radius 1 is 1.10 bits per heavy atom. The number of hydrogen-bond donors (Lipinski definition) is 3. The summed E-state index contributed by atoms with van der Waals surface area (Å²) in [5.41, 5.74) is -0.267. The van der Waals surface area contributed by atoms with Gasteiger partial charge in [0, 0.05) is 5.69 Å². The number of hydrogen-bond acceptors (Lipinski definition) is 5. The van der Waals surface area contributed by atoms with E-state index in [1.165, 1.54) is 24.3 Å². The highest BCUT2D eigenvalue weighted by atomic mass is 32.2. The lowest BCUT2D eigenvalue weighted by atomic mass is 9.87. The number of amides is 4. The van der Waals surface area contributed by atoms with Crippen molar-refractivity contribution in [1.82, 2.24) is 10.2 Å². The summed E-state index contributed by atoms with van der Waals surface area (Å²) in [6.07, 6.45) is 0.328. The van der Waals surface area contributed by atoms with Gasteiger partial charge in [-0.05, 0) is 36.2 Å². The van der Waals surface area contributed by atoms with Crippen LogP contribution in [0.4, 0.5) is 10.5 Å². The van der Waals surface area contributed by atoms with Crippen molar-refractivity contribution in [3.8, 4) is 0 Å². The van der Waals surface area contributed by atoms with Gasteiger partial charge in [-0.15, -0.1) is 0 Å². The van der Waals surface area contributed by atoms with Gasteiger partial charge in [-0.1, -0.05) is 37.3 Å². The normalized spacial score (nSPS) is 19.2. The first-order chi connectivity index (χ1) is 13.7. The van der Waals surface area contributed by atoms with Gasteiger partial charge in [-0.25, -0.2) is 18.4 Å². The third-order valence-electron chi connectivity index (χ3n) is 4.74. The second kappa shape index (κ2) is 7.64. The van der Waals surface area contributed by atoms with Crippen molar-refractivity contribution in [3.05, 3.63) is 60.2 Å². The minimum atomic E-state index is -3.84. The highest BCUT2D eigenvalue weighted by Gasteiger charge is 2.51. The van der Waals surface area contributed by atoms with Gasteiger partial charge in [-0.2, -0.15) is 0 Å². The van der Waals surface area contributed by atoms with Crippen molar-refractivity contribution in [1.29, 1.82) is 0 Å². The van der Waals surface area contributed by atoms with E-state index in [4.69, 9.17) is 5.14 Å². The smallest absolute Gasteiger partial charge is 0.325 e. The number of primary sulfonamides is 1. The van der Waals surface area contributed by atoms with Crippen molar-refractivity contribution in [2.45, 2.75) is 23.8 Å². The van der Waals surface area contributed by atoms with E-state index in [-0.39, 0.29) is 4.90 Å². The quantitative estimate of drug-likeness (QED) is 0.606.